The molecule has 0 aliphatic heterocycles. The second-order valence-corrected chi connectivity index (χ2v) is 4.62. The number of amides is 1. The zero-order valence-corrected chi connectivity index (χ0v) is 10.5. The summed E-state index contributed by atoms with van der Waals surface area (Å²) >= 11 is 1.67. The molecule has 1 rings (SSSR count). The number of aryl methyl sites for hydroxylation is 1. The van der Waals surface area contributed by atoms with Gasteiger partial charge in [0.05, 0.1) is 13.2 Å². The van der Waals surface area contributed by atoms with Gasteiger partial charge in [-0.15, -0.1) is 11.3 Å². The lowest BCUT2D eigenvalue weighted by molar-refractivity contribution is -0.135. The normalized spacial score (nSPS) is 10.4. The molecule has 0 spiro atoms. The van der Waals surface area contributed by atoms with E-state index in [1.54, 1.807) is 23.3 Å². The van der Waals surface area contributed by atoms with Crippen molar-refractivity contribution in [2.75, 3.05) is 26.8 Å². The maximum atomic E-state index is 11.6. The van der Waals surface area contributed by atoms with E-state index in [-0.39, 0.29) is 12.5 Å². The van der Waals surface area contributed by atoms with Crippen molar-refractivity contribution in [1.82, 2.24) is 4.90 Å². The van der Waals surface area contributed by atoms with Crippen molar-refractivity contribution < 1.29 is 9.53 Å². The molecule has 0 aromatic carbocycles. The average molecular weight is 242 g/mol. The molecule has 0 saturated heterocycles. The fourth-order valence-corrected chi connectivity index (χ4v) is 2.18. The number of thiophene rings is 1. The van der Waals surface area contributed by atoms with Crippen LogP contribution in [0.4, 0.5) is 0 Å². The van der Waals surface area contributed by atoms with Crippen LogP contribution in [0.2, 0.25) is 0 Å². The Hall–Kier alpha value is -0.910. The first-order valence-corrected chi connectivity index (χ1v) is 6.08. The van der Waals surface area contributed by atoms with Crippen LogP contribution in [-0.4, -0.2) is 37.6 Å². The van der Waals surface area contributed by atoms with Gasteiger partial charge in [-0.05, 0) is 23.9 Å². The van der Waals surface area contributed by atoms with Gasteiger partial charge in [-0.3, -0.25) is 4.79 Å². The quantitative estimate of drug-likeness (QED) is 0.757. The summed E-state index contributed by atoms with van der Waals surface area (Å²) in [5, 5.41) is 2.04. The standard InChI is InChI=1S/C11H18N2O2S/c1-9-3-6-16-10(9)7-13(2)11(14)8-15-5-4-12/h3,6H,4-5,7-8,12H2,1-2H3. The number of nitrogens with zero attached hydrogens (tertiary/aromatic N) is 1. The molecule has 90 valence electrons. The van der Waals surface area contributed by atoms with E-state index in [9.17, 15) is 4.79 Å². The van der Waals surface area contributed by atoms with Crippen LogP contribution in [0.3, 0.4) is 0 Å². The molecule has 4 nitrogen and oxygen atoms in total. The van der Waals surface area contributed by atoms with Gasteiger partial charge in [0.25, 0.3) is 0 Å². The molecule has 1 aromatic heterocycles. The highest BCUT2D eigenvalue weighted by atomic mass is 32.1. The molecular weight excluding hydrogens is 224 g/mol. The number of carbonyl (C=O) groups excluding carboxylic acids is 1. The van der Waals surface area contributed by atoms with E-state index < -0.39 is 0 Å². The van der Waals surface area contributed by atoms with E-state index in [0.29, 0.717) is 19.7 Å². The van der Waals surface area contributed by atoms with E-state index in [1.165, 1.54) is 10.4 Å². The molecule has 5 heteroatoms. The lowest BCUT2D eigenvalue weighted by Gasteiger charge is -2.16. The predicted molar refractivity (Wildman–Crippen MR) is 65.4 cm³/mol. The molecule has 1 aromatic rings. The van der Waals surface area contributed by atoms with Gasteiger partial charge in [0.2, 0.25) is 5.91 Å². The molecule has 1 amide bonds. The van der Waals surface area contributed by atoms with Crippen molar-refractivity contribution in [3.05, 3.63) is 21.9 Å². The van der Waals surface area contributed by atoms with Crippen molar-refractivity contribution in [3.63, 3.8) is 0 Å². The number of hydrogen-bond donors (Lipinski definition) is 1. The third kappa shape index (κ3) is 3.92. The highest BCUT2D eigenvalue weighted by Crippen LogP contribution is 2.17. The van der Waals surface area contributed by atoms with E-state index in [2.05, 4.69) is 13.0 Å². The molecule has 0 radical (unpaired) electrons. The molecule has 0 saturated carbocycles. The van der Waals surface area contributed by atoms with Gasteiger partial charge >= 0.3 is 0 Å². The minimum atomic E-state index is -0.0127. The molecule has 0 aliphatic carbocycles. The Bertz CT molecular complexity index is 338. The van der Waals surface area contributed by atoms with Gasteiger partial charge in [-0.2, -0.15) is 0 Å². The molecule has 0 aliphatic rings. The Morgan fingerprint density at radius 1 is 1.62 bits per heavy atom. The van der Waals surface area contributed by atoms with Crippen molar-refractivity contribution in [1.29, 1.82) is 0 Å². The second kappa shape index (κ2) is 6.62. The number of likely N-dealkylation sites (N-methyl/N-ethyl adjacent to an activating group) is 1. The lowest BCUT2D eigenvalue weighted by atomic mass is 10.3. The molecular formula is C11H18N2O2S. The van der Waals surface area contributed by atoms with Gasteiger partial charge in [-0.1, -0.05) is 0 Å². The SMILES string of the molecule is Cc1ccsc1CN(C)C(=O)COCCN. The Kier molecular flexibility index (Phi) is 5.45. The first kappa shape index (κ1) is 13.2. The summed E-state index contributed by atoms with van der Waals surface area (Å²) < 4.78 is 5.10. The summed E-state index contributed by atoms with van der Waals surface area (Å²) in [5.41, 5.74) is 6.50. The van der Waals surface area contributed by atoms with Crippen LogP contribution >= 0.6 is 11.3 Å². The van der Waals surface area contributed by atoms with Crippen molar-refractivity contribution in [2.45, 2.75) is 13.5 Å². The van der Waals surface area contributed by atoms with Gasteiger partial charge in [0.1, 0.15) is 6.61 Å². The average Bonchev–Trinajstić information content (AvgIpc) is 2.64. The highest BCUT2D eigenvalue weighted by molar-refractivity contribution is 7.10. The van der Waals surface area contributed by atoms with Crippen LogP contribution in [0, 0.1) is 6.92 Å². The number of hydrogen-bond acceptors (Lipinski definition) is 4. The van der Waals surface area contributed by atoms with Crippen LogP contribution in [-0.2, 0) is 16.1 Å². The molecule has 1 heterocycles. The first-order valence-electron chi connectivity index (χ1n) is 5.20. The predicted octanol–water partition coefficient (Wildman–Crippen LogP) is 0.990. The smallest absolute Gasteiger partial charge is 0.248 e. The van der Waals surface area contributed by atoms with Crippen LogP contribution in [0.1, 0.15) is 10.4 Å². The van der Waals surface area contributed by atoms with Crippen molar-refractivity contribution in [2.24, 2.45) is 5.73 Å². The van der Waals surface area contributed by atoms with E-state index in [1.807, 2.05) is 5.38 Å². The van der Waals surface area contributed by atoms with Gasteiger partial charge in [0.15, 0.2) is 0 Å². The second-order valence-electron chi connectivity index (χ2n) is 3.62. The molecule has 16 heavy (non-hydrogen) atoms. The summed E-state index contributed by atoms with van der Waals surface area (Å²) in [6.07, 6.45) is 0. The summed E-state index contributed by atoms with van der Waals surface area (Å²) in [6, 6.07) is 2.06. The van der Waals surface area contributed by atoms with Gasteiger partial charge in [0, 0.05) is 18.5 Å². The Morgan fingerprint density at radius 3 is 2.94 bits per heavy atom. The topological polar surface area (TPSA) is 55.6 Å². The minimum absolute atomic E-state index is 0.0127. The van der Waals surface area contributed by atoms with E-state index in [0.717, 1.165) is 0 Å². The zero-order chi connectivity index (χ0) is 12.0. The van der Waals surface area contributed by atoms with Crippen LogP contribution in [0.15, 0.2) is 11.4 Å². The molecule has 0 bridgehead atoms. The maximum Gasteiger partial charge on any atom is 0.248 e. The Labute approximate surface area is 100 Å². The molecule has 0 atom stereocenters. The highest BCUT2D eigenvalue weighted by Gasteiger charge is 2.10. The number of ether oxygens (including phenoxy) is 1. The number of nitrogens with two attached hydrogens (primary N) is 1. The lowest BCUT2D eigenvalue weighted by Crippen LogP contribution is -2.30. The fraction of sp³-hybridized carbons (Fsp3) is 0.545. The maximum absolute atomic E-state index is 11.6. The van der Waals surface area contributed by atoms with Crippen molar-refractivity contribution in [3.8, 4) is 0 Å². The summed E-state index contributed by atoms with van der Waals surface area (Å²) in [6.45, 7) is 3.68. The van der Waals surface area contributed by atoms with Crippen LogP contribution in [0.5, 0.6) is 0 Å². The zero-order valence-electron chi connectivity index (χ0n) is 9.73. The Morgan fingerprint density at radius 2 is 2.38 bits per heavy atom. The fourth-order valence-electron chi connectivity index (χ4n) is 1.22. The van der Waals surface area contributed by atoms with E-state index in [4.69, 9.17) is 10.5 Å². The van der Waals surface area contributed by atoms with Crippen LogP contribution in [0.25, 0.3) is 0 Å². The third-order valence-corrected chi connectivity index (χ3v) is 3.27. The van der Waals surface area contributed by atoms with Crippen LogP contribution < -0.4 is 5.73 Å². The Balaban J connectivity index is 2.37. The largest absolute Gasteiger partial charge is 0.370 e. The first-order chi connectivity index (χ1) is 7.65. The minimum Gasteiger partial charge on any atom is -0.370 e. The summed E-state index contributed by atoms with van der Waals surface area (Å²) in [7, 11) is 1.79. The molecule has 0 unspecified atom stereocenters. The van der Waals surface area contributed by atoms with Gasteiger partial charge in [-0.25, -0.2) is 0 Å². The molecule has 0 fully saturated rings. The molecule has 2 N–H and O–H groups in total. The number of carbonyl (C=O) groups is 1. The monoisotopic (exact) mass is 242 g/mol. The van der Waals surface area contributed by atoms with Crippen molar-refractivity contribution >= 4 is 17.2 Å². The van der Waals surface area contributed by atoms with E-state index >= 15 is 0 Å². The van der Waals surface area contributed by atoms with Gasteiger partial charge < -0.3 is 15.4 Å². The number of rotatable bonds is 6. The third-order valence-electron chi connectivity index (χ3n) is 2.26. The summed E-state index contributed by atoms with van der Waals surface area (Å²) in [4.78, 5) is 14.5. The summed E-state index contributed by atoms with van der Waals surface area (Å²) in [5.74, 6) is -0.0127.